The number of nitrogens with two attached hydrogens (primary N) is 1. The maximum atomic E-state index is 7.67. The molecule has 0 amide bonds. The van der Waals surface area contributed by atoms with Crippen LogP contribution in [-0.4, -0.2) is 10.7 Å². The molecule has 68 valence electrons. The van der Waals surface area contributed by atoms with Crippen LogP contribution in [0.4, 0.5) is 0 Å². The fourth-order valence-electron chi connectivity index (χ4n) is 0.888. The van der Waals surface area contributed by atoms with Gasteiger partial charge in [0.05, 0.1) is 15.9 Å². The third-order valence-electron chi connectivity index (χ3n) is 1.53. The first kappa shape index (κ1) is 9.92. The highest BCUT2D eigenvalue weighted by molar-refractivity contribution is 9.12. The Labute approximate surface area is 85.3 Å². The van der Waals surface area contributed by atoms with Gasteiger partial charge in [-0.05, 0) is 35.0 Å². The van der Waals surface area contributed by atoms with Gasteiger partial charge in [-0.3, -0.25) is 10.4 Å². The van der Waals surface area contributed by atoms with Crippen LogP contribution in [0, 0.1) is 12.3 Å². The largest absolute Gasteiger partial charge is 0.404 e. The second-order valence-electron chi connectivity index (χ2n) is 2.55. The van der Waals surface area contributed by atoms with Gasteiger partial charge in [0.25, 0.3) is 0 Å². The monoisotopic (exact) mass is 239 g/mol. The molecule has 0 unspecified atom stereocenters. The SMILES string of the molecule is Cc1cccc(C(=N)/C(Br)=C\N)n1. The molecule has 0 saturated carbocycles. The van der Waals surface area contributed by atoms with Crippen LogP contribution in [0.5, 0.6) is 0 Å². The Morgan fingerprint density at radius 2 is 2.31 bits per heavy atom. The van der Waals surface area contributed by atoms with E-state index in [1.165, 1.54) is 6.20 Å². The Kier molecular flexibility index (Phi) is 3.19. The maximum Gasteiger partial charge on any atom is 0.0953 e. The van der Waals surface area contributed by atoms with Gasteiger partial charge in [0.2, 0.25) is 0 Å². The summed E-state index contributed by atoms with van der Waals surface area (Å²) in [6.45, 7) is 1.89. The van der Waals surface area contributed by atoms with Gasteiger partial charge >= 0.3 is 0 Å². The normalized spacial score (nSPS) is 11.4. The zero-order valence-corrected chi connectivity index (χ0v) is 8.80. The van der Waals surface area contributed by atoms with Gasteiger partial charge in [-0.1, -0.05) is 6.07 Å². The molecule has 0 atom stereocenters. The minimum absolute atomic E-state index is 0.297. The van der Waals surface area contributed by atoms with Crippen LogP contribution in [0.15, 0.2) is 28.9 Å². The fourth-order valence-corrected chi connectivity index (χ4v) is 1.09. The number of rotatable bonds is 2. The third-order valence-corrected chi connectivity index (χ3v) is 2.19. The van der Waals surface area contributed by atoms with E-state index in [1.54, 1.807) is 6.07 Å². The van der Waals surface area contributed by atoms with Crippen LogP contribution < -0.4 is 5.73 Å². The highest BCUT2D eigenvalue weighted by Gasteiger charge is 2.05. The summed E-state index contributed by atoms with van der Waals surface area (Å²) in [5.41, 5.74) is 7.08. The fraction of sp³-hybridized carbons (Fsp3) is 0.111. The summed E-state index contributed by atoms with van der Waals surface area (Å²) in [5, 5.41) is 7.67. The predicted molar refractivity (Wildman–Crippen MR) is 57.0 cm³/mol. The number of halogens is 1. The lowest BCUT2D eigenvalue weighted by Gasteiger charge is -2.01. The van der Waals surface area contributed by atoms with Gasteiger partial charge in [0.1, 0.15) is 0 Å². The van der Waals surface area contributed by atoms with Gasteiger partial charge in [-0.15, -0.1) is 0 Å². The molecule has 0 bridgehead atoms. The molecule has 0 radical (unpaired) electrons. The van der Waals surface area contributed by atoms with Crippen molar-refractivity contribution >= 4 is 21.6 Å². The molecule has 0 aliphatic rings. The molecule has 1 aromatic heterocycles. The Hall–Kier alpha value is -1.16. The summed E-state index contributed by atoms with van der Waals surface area (Å²) in [6, 6.07) is 5.53. The van der Waals surface area contributed by atoms with E-state index in [-0.39, 0.29) is 0 Å². The Morgan fingerprint density at radius 3 is 2.85 bits per heavy atom. The van der Waals surface area contributed by atoms with E-state index in [0.29, 0.717) is 15.9 Å². The molecule has 3 nitrogen and oxygen atoms in total. The molecular formula is C9H10BrN3. The van der Waals surface area contributed by atoms with Crippen molar-refractivity contribution in [3.63, 3.8) is 0 Å². The smallest absolute Gasteiger partial charge is 0.0953 e. The molecule has 1 heterocycles. The molecule has 1 rings (SSSR count). The van der Waals surface area contributed by atoms with Gasteiger partial charge in [-0.25, -0.2) is 0 Å². The van der Waals surface area contributed by atoms with Gasteiger partial charge in [0, 0.05) is 11.9 Å². The lowest BCUT2D eigenvalue weighted by Crippen LogP contribution is -2.04. The molecule has 0 saturated heterocycles. The summed E-state index contributed by atoms with van der Waals surface area (Å²) in [6.07, 6.45) is 1.34. The van der Waals surface area contributed by atoms with Crippen molar-refractivity contribution in [1.82, 2.24) is 4.98 Å². The van der Waals surface area contributed by atoms with E-state index in [0.717, 1.165) is 5.69 Å². The molecule has 0 fully saturated rings. The van der Waals surface area contributed by atoms with Crippen molar-refractivity contribution in [1.29, 1.82) is 5.41 Å². The zero-order valence-electron chi connectivity index (χ0n) is 7.21. The summed E-state index contributed by atoms with van der Waals surface area (Å²) in [4.78, 5) is 4.19. The molecule has 3 N–H and O–H groups in total. The topological polar surface area (TPSA) is 62.8 Å². The number of aryl methyl sites for hydroxylation is 1. The average Bonchev–Trinajstić information content (AvgIpc) is 2.15. The lowest BCUT2D eigenvalue weighted by atomic mass is 10.2. The van der Waals surface area contributed by atoms with Gasteiger partial charge in [0.15, 0.2) is 0 Å². The van der Waals surface area contributed by atoms with Crippen molar-refractivity contribution in [2.24, 2.45) is 5.73 Å². The number of nitrogens with zero attached hydrogens (tertiary/aromatic N) is 1. The molecular weight excluding hydrogens is 230 g/mol. The Balaban J connectivity index is 3.03. The Bertz CT molecular complexity index is 358. The van der Waals surface area contributed by atoms with E-state index in [4.69, 9.17) is 11.1 Å². The molecule has 1 aromatic rings. The lowest BCUT2D eigenvalue weighted by molar-refractivity contribution is 1.17. The molecule has 13 heavy (non-hydrogen) atoms. The predicted octanol–water partition coefficient (Wildman–Crippen LogP) is 1.95. The van der Waals surface area contributed by atoms with Crippen molar-refractivity contribution < 1.29 is 0 Å². The molecule has 0 aromatic carbocycles. The molecule has 0 aliphatic carbocycles. The standard InChI is InChI=1S/C9H10BrN3/c1-6-3-2-4-8(13-6)9(12)7(10)5-11/h2-5,12H,11H2,1H3/b7-5+,12-9?. The second-order valence-corrected chi connectivity index (χ2v) is 3.41. The maximum absolute atomic E-state index is 7.67. The van der Waals surface area contributed by atoms with Crippen LogP contribution in [0.3, 0.4) is 0 Å². The first-order chi connectivity index (χ1) is 6.15. The van der Waals surface area contributed by atoms with E-state index in [9.17, 15) is 0 Å². The number of nitrogens with one attached hydrogen (secondary N) is 1. The molecule has 0 spiro atoms. The second kappa shape index (κ2) is 4.18. The van der Waals surface area contributed by atoms with E-state index >= 15 is 0 Å². The van der Waals surface area contributed by atoms with Crippen LogP contribution in [0.1, 0.15) is 11.4 Å². The van der Waals surface area contributed by atoms with Crippen LogP contribution in [-0.2, 0) is 0 Å². The first-order valence-corrected chi connectivity index (χ1v) is 4.55. The number of aromatic nitrogens is 1. The van der Waals surface area contributed by atoms with Crippen LogP contribution in [0.25, 0.3) is 0 Å². The molecule has 0 aliphatic heterocycles. The number of allylic oxidation sites excluding steroid dienone is 1. The minimum Gasteiger partial charge on any atom is -0.404 e. The van der Waals surface area contributed by atoms with Crippen molar-refractivity contribution in [2.75, 3.05) is 0 Å². The van der Waals surface area contributed by atoms with Gasteiger partial charge < -0.3 is 5.73 Å². The van der Waals surface area contributed by atoms with E-state index in [2.05, 4.69) is 20.9 Å². The summed E-state index contributed by atoms with van der Waals surface area (Å²) >= 11 is 3.18. The van der Waals surface area contributed by atoms with Crippen LogP contribution in [0.2, 0.25) is 0 Å². The first-order valence-electron chi connectivity index (χ1n) is 3.75. The summed E-state index contributed by atoms with van der Waals surface area (Å²) in [7, 11) is 0. The highest BCUT2D eigenvalue weighted by Crippen LogP contribution is 2.11. The third kappa shape index (κ3) is 2.39. The van der Waals surface area contributed by atoms with Gasteiger partial charge in [-0.2, -0.15) is 0 Å². The summed E-state index contributed by atoms with van der Waals surface area (Å²) in [5.74, 6) is 0. The quantitative estimate of drug-likeness (QED) is 0.776. The highest BCUT2D eigenvalue weighted by atomic mass is 79.9. The zero-order chi connectivity index (χ0) is 9.84. The minimum atomic E-state index is 0.297. The van der Waals surface area contributed by atoms with Crippen molar-refractivity contribution in [3.05, 3.63) is 40.3 Å². The van der Waals surface area contributed by atoms with E-state index < -0.39 is 0 Å². The number of hydrogen-bond donors (Lipinski definition) is 2. The van der Waals surface area contributed by atoms with Crippen molar-refractivity contribution in [3.8, 4) is 0 Å². The number of pyridine rings is 1. The molecule has 4 heteroatoms. The Morgan fingerprint density at radius 1 is 1.62 bits per heavy atom. The van der Waals surface area contributed by atoms with Crippen molar-refractivity contribution in [2.45, 2.75) is 6.92 Å². The number of hydrogen-bond acceptors (Lipinski definition) is 3. The summed E-state index contributed by atoms with van der Waals surface area (Å²) < 4.78 is 0.547. The van der Waals surface area contributed by atoms with Crippen LogP contribution >= 0.6 is 15.9 Å². The van der Waals surface area contributed by atoms with E-state index in [1.807, 2.05) is 19.1 Å². The average molecular weight is 240 g/mol.